The number of halogens is 1. The van der Waals surface area contributed by atoms with Crippen LogP contribution >= 0.6 is 11.6 Å². The average Bonchev–Trinajstić information content (AvgIpc) is 3.25. The van der Waals surface area contributed by atoms with Crippen molar-refractivity contribution in [2.45, 2.75) is 25.7 Å². The molecule has 1 aromatic heterocycles. The Labute approximate surface area is 182 Å². The van der Waals surface area contributed by atoms with E-state index in [4.69, 9.17) is 25.6 Å². The molecule has 30 heavy (non-hydrogen) atoms. The number of rotatable bonds is 10. The Bertz CT molecular complexity index is 775. The molecule has 0 saturated carbocycles. The standard InChI is InChI=1S/C21H30ClN5O3/c1-23-21(24-10-2-12-29-15-16-8-13-28-14-9-16)25-11-7-19-26-20(27-30-19)17-3-5-18(22)6-4-17/h3-6,16H,2,7-15H2,1H3,(H2,23,24,25). The molecule has 0 bridgehead atoms. The van der Waals surface area contributed by atoms with Gasteiger partial charge in [-0.3, -0.25) is 4.99 Å². The number of hydrogen-bond acceptors (Lipinski definition) is 6. The van der Waals surface area contributed by atoms with Crippen LogP contribution in [0.2, 0.25) is 5.02 Å². The van der Waals surface area contributed by atoms with Crippen LogP contribution in [0.15, 0.2) is 33.8 Å². The zero-order valence-corrected chi connectivity index (χ0v) is 18.2. The maximum absolute atomic E-state index is 5.91. The van der Waals surface area contributed by atoms with Crippen molar-refractivity contribution in [1.29, 1.82) is 0 Å². The highest BCUT2D eigenvalue weighted by molar-refractivity contribution is 6.30. The summed E-state index contributed by atoms with van der Waals surface area (Å²) < 4.78 is 16.5. The highest BCUT2D eigenvalue weighted by atomic mass is 35.5. The summed E-state index contributed by atoms with van der Waals surface area (Å²) in [7, 11) is 1.75. The van der Waals surface area contributed by atoms with Crippen LogP contribution in [0.3, 0.4) is 0 Å². The van der Waals surface area contributed by atoms with E-state index in [2.05, 4.69) is 25.8 Å². The number of hydrogen-bond donors (Lipinski definition) is 2. The van der Waals surface area contributed by atoms with Crippen LogP contribution in [-0.2, 0) is 15.9 Å². The minimum absolute atomic E-state index is 0.560. The van der Waals surface area contributed by atoms with Crippen molar-refractivity contribution in [3.8, 4) is 11.4 Å². The fourth-order valence-corrected chi connectivity index (χ4v) is 3.25. The van der Waals surface area contributed by atoms with Crippen LogP contribution in [0.5, 0.6) is 0 Å². The first-order chi connectivity index (χ1) is 14.7. The molecule has 164 valence electrons. The lowest BCUT2D eigenvalue weighted by Crippen LogP contribution is -2.39. The van der Waals surface area contributed by atoms with Crippen molar-refractivity contribution in [3.05, 3.63) is 35.2 Å². The summed E-state index contributed by atoms with van der Waals surface area (Å²) in [5.74, 6) is 2.53. The molecule has 3 rings (SSSR count). The summed E-state index contributed by atoms with van der Waals surface area (Å²) in [6.45, 7) is 4.75. The summed E-state index contributed by atoms with van der Waals surface area (Å²) >= 11 is 5.91. The van der Waals surface area contributed by atoms with Crippen molar-refractivity contribution in [1.82, 2.24) is 20.8 Å². The van der Waals surface area contributed by atoms with Gasteiger partial charge in [0.1, 0.15) is 0 Å². The Morgan fingerprint density at radius 1 is 1.20 bits per heavy atom. The second-order valence-electron chi connectivity index (χ2n) is 7.18. The predicted octanol–water partition coefficient (Wildman–Crippen LogP) is 2.93. The van der Waals surface area contributed by atoms with E-state index in [0.717, 1.165) is 63.8 Å². The molecule has 1 aliphatic rings. The molecule has 1 saturated heterocycles. The third kappa shape index (κ3) is 7.59. The normalized spacial score (nSPS) is 15.3. The van der Waals surface area contributed by atoms with E-state index < -0.39 is 0 Å². The fourth-order valence-electron chi connectivity index (χ4n) is 3.13. The van der Waals surface area contributed by atoms with Gasteiger partial charge < -0.3 is 24.6 Å². The largest absolute Gasteiger partial charge is 0.381 e. The van der Waals surface area contributed by atoms with Gasteiger partial charge in [0.25, 0.3) is 0 Å². The van der Waals surface area contributed by atoms with Gasteiger partial charge in [0.2, 0.25) is 11.7 Å². The van der Waals surface area contributed by atoms with E-state index in [-0.39, 0.29) is 0 Å². The van der Waals surface area contributed by atoms with Gasteiger partial charge in [-0.15, -0.1) is 0 Å². The van der Waals surface area contributed by atoms with Crippen molar-refractivity contribution in [2.75, 3.05) is 46.6 Å². The second kappa shape index (κ2) is 12.5. The first-order valence-electron chi connectivity index (χ1n) is 10.4. The predicted molar refractivity (Wildman–Crippen MR) is 117 cm³/mol. The van der Waals surface area contributed by atoms with E-state index in [1.807, 2.05) is 12.1 Å². The first kappa shape index (κ1) is 22.5. The third-order valence-corrected chi connectivity index (χ3v) is 5.13. The molecule has 0 amide bonds. The number of nitrogens with zero attached hydrogens (tertiary/aromatic N) is 3. The number of ether oxygens (including phenoxy) is 2. The van der Waals surface area contributed by atoms with Crippen LogP contribution in [0.1, 0.15) is 25.2 Å². The Morgan fingerprint density at radius 3 is 2.73 bits per heavy atom. The number of guanidine groups is 1. The Balaban J connectivity index is 1.28. The van der Waals surface area contributed by atoms with E-state index in [1.165, 1.54) is 0 Å². The molecule has 1 fully saturated rings. The molecule has 2 heterocycles. The molecule has 0 aliphatic carbocycles. The van der Waals surface area contributed by atoms with Crippen LogP contribution in [-0.4, -0.2) is 62.7 Å². The van der Waals surface area contributed by atoms with Gasteiger partial charge in [-0.2, -0.15) is 4.98 Å². The molecular weight excluding hydrogens is 406 g/mol. The van der Waals surface area contributed by atoms with E-state index >= 15 is 0 Å². The van der Waals surface area contributed by atoms with Crippen molar-refractivity contribution >= 4 is 17.6 Å². The Morgan fingerprint density at radius 2 is 1.97 bits per heavy atom. The number of nitrogens with one attached hydrogen (secondary N) is 2. The van der Waals surface area contributed by atoms with Gasteiger partial charge in [-0.05, 0) is 49.4 Å². The number of aliphatic imine (C=N–C) groups is 1. The van der Waals surface area contributed by atoms with Crippen LogP contribution in [0, 0.1) is 5.92 Å². The topological polar surface area (TPSA) is 93.8 Å². The van der Waals surface area contributed by atoms with Crippen LogP contribution < -0.4 is 10.6 Å². The molecule has 8 nitrogen and oxygen atoms in total. The van der Waals surface area contributed by atoms with Crippen molar-refractivity contribution in [3.63, 3.8) is 0 Å². The van der Waals surface area contributed by atoms with Crippen LogP contribution in [0.25, 0.3) is 11.4 Å². The molecule has 9 heteroatoms. The Kier molecular flexibility index (Phi) is 9.40. The SMILES string of the molecule is CN=C(NCCCOCC1CCOCC1)NCCc1nc(-c2ccc(Cl)cc2)no1. The molecule has 0 radical (unpaired) electrons. The molecule has 2 aromatic rings. The minimum Gasteiger partial charge on any atom is -0.381 e. The highest BCUT2D eigenvalue weighted by Gasteiger charge is 2.13. The molecule has 1 aromatic carbocycles. The summed E-state index contributed by atoms with van der Waals surface area (Å²) in [4.78, 5) is 8.65. The molecule has 1 aliphatic heterocycles. The molecule has 0 unspecified atom stereocenters. The van der Waals surface area contributed by atoms with Gasteiger partial charge >= 0.3 is 0 Å². The van der Waals surface area contributed by atoms with Gasteiger partial charge in [-0.25, -0.2) is 0 Å². The zero-order chi connectivity index (χ0) is 21.0. The summed E-state index contributed by atoms with van der Waals surface area (Å²) in [6, 6.07) is 7.35. The number of aromatic nitrogens is 2. The fraction of sp³-hybridized carbons (Fsp3) is 0.571. The molecular formula is C21H30ClN5O3. The van der Waals surface area contributed by atoms with E-state index in [1.54, 1.807) is 19.2 Å². The Hall–Kier alpha value is -2.16. The lowest BCUT2D eigenvalue weighted by molar-refractivity contribution is 0.0203. The maximum atomic E-state index is 5.91. The molecule has 0 atom stereocenters. The van der Waals surface area contributed by atoms with Gasteiger partial charge in [0.15, 0.2) is 5.96 Å². The van der Waals surface area contributed by atoms with Gasteiger partial charge in [0.05, 0.1) is 0 Å². The highest BCUT2D eigenvalue weighted by Crippen LogP contribution is 2.18. The lowest BCUT2D eigenvalue weighted by Gasteiger charge is -2.21. The monoisotopic (exact) mass is 435 g/mol. The maximum Gasteiger partial charge on any atom is 0.228 e. The lowest BCUT2D eigenvalue weighted by atomic mass is 10.0. The van der Waals surface area contributed by atoms with E-state index in [9.17, 15) is 0 Å². The first-order valence-corrected chi connectivity index (χ1v) is 10.8. The summed E-state index contributed by atoms with van der Waals surface area (Å²) in [6.07, 6.45) is 3.75. The van der Waals surface area contributed by atoms with Crippen molar-refractivity contribution in [2.24, 2.45) is 10.9 Å². The van der Waals surface area contributed by atoms with Gasteiger partial charge in [0, 0.05) is 63.6 Å². The van der Waals surface area contributed by atoms with Crippen molar-refractivity contribution < 1.29 is 14.0 Å². The minimum atomic E-state index is 0.560. The van der Waals surface area contributed by atoms with Gasteiger partial charge in [-0.1, -0.05) is 16.8 Å². The summed E-state index contributed by atoms with van der Waals surface area (Å²) in [5.41, 5.74) is 0.874. The van der Waals surface area contributed by atoms with E-state index in [0.29, 0.717) is 35.6 Å². The smallest absolute Gasteiger partial charge is 0.228 e. The average molecular weight is 436 g/mol. The third-order valence-electron chi connectivity index (χ3n) is 4.88. The molecule has 0 spiro atoms. The van der Waals surface area contributed by atoms with Crippen LogP contribution in [0.4, 0.5) is 0 Å². The quantitative estimate of drug-likeness (QED) is 0.336. The second-order valence-corrected chi connectivity index (χ2v) is 7.62. The number of benzene rings is 1. The molecule has 2 N–H and O–H groups in total. The summed E-state index contributed by atoms with van der Waals surface area (Å²) in [5, 5.41) is 11.2. The zero-order valence-electron chi connectivity index (χ0n) is 17.4.